The summed E-state index contributed by atoms with van der Waals surface area (Å²) < 4.78 is 0. The summed E-state index contributed by atoms with van der Waals surface area (Å²) in [6, 6.07) is -0.384. The first-order valence-electron chi connectivity index (χ1n) is 5.77. The molecule has 3 N–H and O–H groups in total. The van der Waals surface area contributed by atoms with Gasteiger partial charge in [0, 0.05) is 6.54 Å². The highest BCUT2D eigenvalue weighted by Crippen LogP contribution is 2.27. The van der Waals surface area contributed by atoms with Gasteiger partial charge in [-0.05, 0) is 32.1 Å². The molecular formula is C11H20N2O3. The van der Waals surface area contributed by atoms with Crippen LogP contribution in [0.2, 0.25) is 0 Å². The fourth-order valence-electron chi connectivity index (χ4n) is 1.58. The second kappa shape index (κ2) is 5.18. The lowest BCUT2D eigenvalue weighted by molar-refractivity contribution is -0.144. The van der Waals surface area contributed by atoms with Crippen molar-refractivity contribution in [2.24, 2.45) is 5.92 Å². The Labute approximate surface area is 95.6 Å². The Hall–Kier alpha value is -1.26. The van der Waals surface area contributed by atoms with Crippen molar-refractivity contribution in [2.75, 3.05) is 6.54 Å². The Bertz CT molecular complexity index is 276. The van der Waals surface area contributed by atoms with Crippen molar-refractivity contribution in [3.05, 3.63) is 0 Å². The van der Waals surface area contributed by atoms with Crippen LogP contribution in [0.15, 0.2) is 0 Å². The fourth-order valence-corrected chi connectivity index (χ4v) is 1.58. The van der Waals surface area contributed by atoms with E-state index < -0.39 is 11.5 Å². The first-order chi connectivity index (χ1) is 7.48. The summed E-state index contributed by atoms with van der Waals surface area (Å²) in [5.41, 5.74) is -1.16. The predicted octanol–water partition coefficient (Wildman–Crippen LogP) is 1.34. The number of rotatable bonds is 6. The highest BCUT2D eigenvalue weighted by molar-refractivity contribution is 5.85. The number of hydrogen-bond acceptors (Lipinski definition) is 2. The largest absolute Gasteiger partial charge is 0.480 e. The maximum absolute atomic E-state index is 11.5. The Morgan fingerprint density at radius 3 is 2.50 bits per heavy atom. The molecule has 0 aromatic heterocycles. The number of aliphatic carboxylic acids is 1. The maximum Gasteiger partial charge on any atom is 0.329 e. The first kappa shape index (κ1) is 12.8. The molecule has 1 rings (SSSR count). The van der Waals surface area contributed by atoms with Crippen LogP contribution < -0.4 is 10.6 Å². The minimum atomic E-state index is -1.16. The summed E-state index contributed by atoms with van der Waals surface area (Å²) in [4.78, 5) is 22.5. The van der Waals surface area contributed by atoms with Crippen LogP contribution in [0.1, 0.15) is 39.5 Å². The standard InChI is InChI=1S/C11H20N2O3/c1-3-6-11(2,9(14)15)13-10(16)12-7-8-4-5-8/h8H,3-7H2,1-2H3,(H,14,15)(H2,12,13,16). The molecule has 0 saturated heterocycles. The zero-order chi connectivity index (χ0) is 12.2. The van der Waals surface area contributed by atoms with Crippen LogP contribution in [0.3, 0.4) is 0 Å². The van der Waals surface area contributed by atoms with Crippen LogP contribution >= 0.6 is 0 Å². The molecule has 1 saturated carbocycles. The molecule has 1 aliphatic rings. The van der Waals surface area contributed by atoms with Gasteiger partial charge in [0.1, 0.15) is 5.54 Å². The van der Waals surface area contributed by atoms with E-state index in [1.165, 1.54) is 6.92 Å². The Morgan fingerprint density at radius 1 is 1.44 bits per heavy atom. The lowest BCUT2D eigenvalue weighted by atomic mass is 9.97. The van der Waals surface area contributed by atoms with E-state index in [0.717, 1.165) is 12.8 Å². The van der Waals surface area contributed by atoms with E-state index in [0.29, 0.717) is 25.3 Å². The van der Waals surface area contributed by atoms with Crippen LogP contribution in [-0.2, 0) is 4.79 Å². The van der Waals surface area contributed by atoms with E-state index in [4.69, 9.17) is 5.11 Å². The third kappa shape index (κ3) is 3.72. The summed E-state index contributed by atoms with van der Waals surface area (Å²) in [5, 5.41) is 14.3. The number of urea groups is 1. The van der Waals surface area contributed by atoms with Gasteiger partial charge in [0.2, 0.25) is 0 Å². The molecule has 16 heavy (non-hydrogen) atoms. The Balaban J connectivity index is 2.39. The molecule has 0 spiro atoms. The number of carboxylic acid groups (broad SMARTS) is 1. The number of nitrogens with one attached hydrogen (secondary N) is 2. The number of carbonyl (C=O) groups excluding carboxylic acids is 1. The van der Waals surface area contributed by atoms with E-state index >= 15 is 0 Å². The molecule has 0 heterocycles. The van der Waals surface area contributed by atoms with E-state index in [1.54, 1.807) is 0 Å². The van der Waals surface area contributed by atoms with Crippen molar-refractivity contribution in [3.63, 3.8) is 0 Å². The van der Waals surface area contributed by atoms with Gasteiger partial charge in [-0.1, -0.05) is 13.3 Å². The number of carbonyl (C=O) groups is 2. The zero-order valence-electron chi connectivity index (χ0n) is 9.88. The molecule has 0 bridgehead atoms. The topological polar surface area (TPSA) is 78.4 Å². The maximum atomic E-state index is 11.5. The molecule has 92 valence electrons. The van der Waals surface area contributed by atoms with Gasteiger partial charge >= 0.3 is 12.0 Å². The predicted molar refractivity (Wildman–Crippen MR) is 60.2 cm³/mol. The average Bonchev–Trinajstić information content (AvgIpc) is 2.98. The van der Waals surface area contributed by atoms with E-state index in [1.807, 2.05) is 6.92 Å². The van der Waals surface area contributed by atoms with Crippen LogP contribution in [0.25, 0.3) is 0 Å². The van der Waals surface area contributed by atoms with Gasteiger partial charge < -0.3 is 15.7 Å². The summed E-state index contributed by atoms with van der Waals surface area (Å²) >= 11 is 0. The molecule has 2 amide bonds. The summed E-state index contributed by atoms with van der Waals surface area (Å²) in [6.45, 7) is 4.08. The molecule has 0 aliphatic heterocycles. The van der Waals surface area contributed by atoms with Crippen molar-refractivity contribution in [3.8, 4) is 0 Å². The van der Waals surface area contributed by atoms with E-state index in [9.17, 15) is 9.59 Å². The van der Waals surface area contributed by atoms with Crippen LogP contribution in [-0.4, -0.2) is 29.2 Å². The van der Waals surface area contributed by atoms with Crippen LogP contribution in [0, 0.1) is 5.92 Å². The molecule has 5 heteroatoms. The summed E-state index contributed by atoms with van der Waals surface area (Å²) in [6.07, 6.45) is 3.46. The minimum Gasteiger partial charge on any atom is -0.480 e. The van der Waals surface area contributed by atoms with Crippen molar-refractivity contribution in [1.29, 1.82) is 0 Å². The van der Waals surface area contributed by atoms with Crippen molar-refractivity contribution >= 4 is 12.0 Å². The summed E-state index contributed by atoms with van der Waals surface area (Å²) in [7, 11) is 0. The molecule has 1 unspecified atom stereocenters. The summed E-state index contributed by atoms with van der Waals surface area (Å²) in [5.74, 6) is -0.399. The van der Waals surface area contributed by atoms with E-state index in [-0.39, 0.29) is 6.03 Å². The molecular weight excluding hydrogens is 208 g/mol. The molecule has 0 aromatic carbocycles. The molecule has 0 radical (unpaired) electrons. The SMILES string of the molecule is CCCC(C)(NC(=O)NCC1CC1)C(=O)O. The van der Waals surface area contributed by atoms with Gasteiger partial charge in [0.25, 0.3) is 0 Å². The number of carboxylic acids is 1. The second-order valence-electron chi connectivity index (χ2n) is 4.67. The molecule has 1 fully saturated rings. The van der Waals surface area contributed by atoms with Gasteiger partial charge in [-0.15, -0.1) is 0 Å². The van der Waals surface area contributed by atoms with Crippen LogP contribution in [0.4, 0.5) is 4.79 Å². The van der Waals surface area contributed by atoms with Gasteiger partial charge in [0.15, 0.2) is 0 Å². The van der Waals surface area contributed by atoms with Gasteiger partial charge in [-0.2, -0.15) is 0 Å². The van der Waals surface area contributed by atoms with Crippen molar-refractivity contribution in [2.45, 2.75) is 45.1 Å². The molecule has 5 nitrogen and oxygen atoms in total. The average molecular weight is 228 g/mol. The number of hydrogen-bond donors (Lipinski definition) is 3. The lowest BCUT2D eigenvalue weighted by Crippen LogP contribution is -2.55. The van der Waals surface area contributed by atoms with Gasteiger partial charge in [-0.3, -0.25) is 0 Å². The normalized spacial score (nSPS) is 18.6. The molecule has 1 aliphatic carbocycles. The van der Waals surface area contributed by atoms with Gasteiger partial charge in [-0.25, -0.2) is 9.59 Å². The first-order valence-corrected chi connectivity index (χ1v) is 5.77. The number of amides is 2. The monoisotopic (exact) mass is 228 g/mol. The third-order valence-corrected chi connectivity index (χ3v) is 2.86. The smallest absolute Gasteiger partial charge is 0.329 e. The molecule has 0 aromatic rings. The fraction of sp³-hybridized carbons (Fsp3) is 0.818. The van der Waals surface area contributed by atoms with Crippen molar-refractivity contribution in [1.82, 2.24) is 10.6 Å². The minimum absolute atomic E-state index is 0.384. The zero-order valence-corrected chi connectivity index (χ0v) is 9.88. The highest BCUT2D eigenvalue weighted by atomic mass is 16.4. The Morgan fingerprint density at radius 2 is 2.06 bits per heavy atom. The highest BCUT2D eigenvalue weighted by Gasteiger charge is 2.34. The quantitative estimate of drug-likeness (QED) is 0.642. The molecule has 1 atom stereocenters. The van der Waals surface area contributed by atoms with Crippen molar-refractivity contribution < 1.29 is 14.7 Å². The Kier molecular flexibility index (Phi) is 4.15. The third-order valence-electron chi connectivity index (χ3n) is 2.86. The van der Waals surface area contributed by atoms with Crippen LogP contribution in [0.5, 0.6) is 0 Å². The second-order valence-corrected chi connectivity index (χ2v) is 4.67. The lowest BCUT2D eigenvalue weighted by Gasteiger charge is -2.25. The van der Waals surface area contributed by atoms with Gasteiger partial charge in [0.05, 0.1) is 0 Å². The van der Waals surface area contributed by atoms with E-state index in [2.05, 4.69) is 10.6 Å².